The lowest BCUT2D eigenvalue weighted by molar-refractivity contribution is 0.0526. The number of hydrogen-bond acceptors (Lipinski definition) is 7. The number of ether oxygens (including phenoxy) is 1. The third kappa shape index (κ3) is 4.29. The molecule has 0 fully saturated rings. The van der Waals surface area contributed by atoms with Crippen LogP contribution in [0.1, 0.15) is 34.3 Å². The quantitative estimate of drug-likeness (QED) is 0.329. The average molecular weight is 449 g/mol. The number of anilines is 1. The van der Waals surface area contributed by atoms with E-state index in [1.165, 1.54) is 10.8 Å². The Bertz CT molecular complexity index is 1450. The highest BCUT2D eigenvalue weighted by atomic mass is 16.5. The van der Waals surface area contributed by atoms with E-state index in [4.69, 9.17) is 14.9 Å². The first-order valence-electron chi connectivity index (χ1n) is 10.4. The molecular weight excluding hydrogens is 430 g/mol. The number of nitrogen functional groups attached to an aromatic ring is 1. The van der Waals surface area contributed by atoms with Gasteiger partial charge in [-0.25, -0.2) is 9.48 Å². The molecule has 4 aromatic rings. The third-order valence-corrected chi connectivity index (χ3v) is 5.00. The molecule has 0 aliphatic heterocycles. The van der Waals surface area contributed by atoms with E-state index in [1.807, 2.05) is 24.3 Å². The Labute approximate surface area is 195 Å². The van der Waals surface area contributed by atoms with Gasteiger partial charge in [-0.15, -0.1) is 0 Å². The molecule has 0 unspecified atom stereocenters. The highest BCUT2D eigenvalue weighted by molar-refractivity contribution is 5.91. The van der Waals surface area contributed by atoms with E-state index in [1.54, 1.807) is 55.5 Å². The molecular formula is C26H19N5O3. The van der Waals surface area contributed by atoms with Crippen LogP contribution in [0.2, 0.25) is 0 Å². The molecule has 2 heterocycles. The normalized spacial score (nSPS) is 11.0. The highest BCUT2D eigenvalue weighted by Gasteiger charge is 2.20. The van der Waals surface area contributed by atoms with Crippen molar-refractivity contribution in [2.24, 2.45) is 0 Å². The van der Waals surface area contributed by atoms with E-state index in [0.717, 1.165) is 5.56 Å². The molecule has 8 nitrogen and oxygen atoms in total. The molecule has 0 saturated heterocycles. The van der Waals surface area contributed by atoms with Crippen LogP contribution >= 0.6 is 0 Å². The van der Waals surface area contributed by atoms with Crippen LogP contribution in [0.5, 0.6) is 0 Å². The van der Waals surface area contributed by atoms with Crippen molar-refractivity contribution in [3.05, 3.63) is 89.3 Å². The van der Waals surface area contributed by atoms with E-state index in [0.29, 0.717) is 29.4 Å². The van der Waals surface area contributed by atoms with Gasteiger partial charge >= 0.3 is 5.97 Å². The summed E-state index contributed by atoms with van der Waals surface area (Å²) in [5.74, 6) is 0.705. The lowest BCUT2D eigenvalue weighted by Gasteiger charge is -2.02. The summed E-state index contributed by atoms with van der Waals surface area (Å²) in [6.07, 6.45) is 1.51. The molecule has 166 valence electrons. The zero-order valence-electron chi connectivity index (χ0n) is 18.2. The zero-order chi connectivity index (χ0) is 24.1. The second-order valence-electron chi connectivity index (χ2n) is 7.14. The standard InChI is InChI=1S/C26H19N5O3/c1-2-33-26(32)18-10-8-17(9-11-18)23-13-12-21(34-23)14-19(15-27)24-22(16-28)25(29)31(30-24)20-6-4-3-5-7-20/h3-14H,2,29H2,1H3/b19-14-. The number of benzene rings is 2. The molecule has 0 spiro atoms. The van der Waals surface area contributed by atoms with Gasteiger partial charge < -0.3 is 14.9 Å². The smallest absolute Gasteiger partial charge is 0.338 e. The molecule has 34 heavy (non-hydrogen) atoms. The van der Waals surface area contributed by atoms with Gasteiger partial charge in [-0.3, -0.25) is 0 Å². The van der Waals surface area contributed by atoms with Gasteiger partial charge in [0.25, 0.3) is 0 Å². The third-order valence-electron chi connectivity index (χ3n) is 5.00. The maximum Gasteiger partial charge on any atom is 0.338 e. The zero-order valence-corrected chi connectivity index (χ0v) is 18.2. The number of aromatic nitrogens is 2. The number of esters is 1. The Kier molecular flexibility index (Phi) is 6.24. The van der Waals surface area contributed by atoms with Crippen LogP contribution in [-0.4, -0.2) is 22.4 Å². The van der Waals surface area contributed by atoms with Crippen LogP contribution in [0.4, 0.5) is 5.82 Å². The van der Waals surface area contributed by atoms with Gasteiger partial charge in [-0.2, -0.15) is 15.6 Å². The van der Waals surface area contributed by atoms with Crippen molar-refractivity contribution in [2.45, 2.75) is 6.92 Å². The highest BCUT2D eigenvalue weighted by Crippen LogP contribution is 2.29. The number of para-hydroxylation sites is 1. The van der Waals surface area contributed by atoms with Gasteiger partial charge in [0, 0.05) is 11.6 Å². The average Bonchev–Trinajstić information content (AvgIpc) is 3.47. The van der Waals surface area contributed by atoms with Crippen LogP contribution in [0.3, 0.4) is 0 Å². The van der Waals surface area contributed by atoms with Crippen LogP contribution < -0.4 is 5.73 Å². The van der Waals surface area contributed by atoms with Crippen molar-refractivity contribution in [1.82, 2.24) is 9.78 Å². The fraction of sp³-hybridized carbons (Fsp3) is 0.0769. The maximum atomic E-state index is 11.8. The number of allylic oxidation sites excluding steroid dienone is 1. The summed E-state index contributed by atoms with van der Waals surface area (Å²) in [6.45, 7) is 2.05. The van der Waals surface area contributed by atoms with E-state index in [-0.39, 0.29) is 22.6 Å². The summed E-state index contributed by atoms with van der Waals surface area (Å²) in [6, 6.07) is 23.5. The minimum atomic E-state index is -0.390. The van der Waals surface area contributed by atoms with Crippen LogP contribution in [0.15, 0.2) is 71.1 Å². The van der Waals surface area contributed by atoms with Gasteiger partial charge in [0.1, 0.15) is 40.7 Å². The Balaban J connectivity index is 1.66. The van der Waals surface area contributed by atoms with E-state index >= 15 is 0 Å². The SMILES string of the molecule is CCOC(=O)c1ccc(-c2ccc(/C=C(/C#N)c3nn(-c4ccccc4)c(N)c3C#N)o2)cc1. The molecule has 2 aromatic carbocycles. The number of nitrogens with two attached hydrogens (primary N) is 1. The summed E-state index contributed by atoms with van der Waals surface area (Å²) in [7, 11) is 0. The lowest BCUT2D eigenvalue weighted by Crippen LogP contribution is -2.03. The molecule has 0 radical (unpaired) electrons. The Morgan fingerprint density at radius 3 is 2.50 bits per heavy atom. The molecule has 0 aliphatic rings. The van der Waals surface area contributed by atoms with Crippen molar-refractivity contribution >= 4 is 23.4 Å². The second kappa shape index (κ2) is 9.60. The van der Waals surface area contributed by atoms with Gasteiger partial charge in [0.05, 0.1) is 23.4 Å². The maximum absolute atomic E-state index is 11.8. The number of carbonyl (C=O) groups is 1. The first kappa shape index (κ1) is 22.1. The number of rotatable bonds is 6. The van der Waals surface area contributed by atoms with Crippen molar-refractivity contribution in [1.29, 1.82) is 10.5 Å². The lowest BCUT2D eigenvalue weighted by atomic mass is 10.1. The molecule has 0 bridgehead atoms. The van der Waals surface area contributed by atoms with Gasteiger partial charge in [-0.1, -0.05) is 30.3 Å². The monoisotopic (exact) mass is 449 g/mol. The van der Waals surface area contributed by atoms with Gasteiger partial charge in [-0.05, 0) is 43.3 Å². The van der Waals surface area contributed by atoms with E-state index in [2.05, 4.69) is 11.2 Å². The fourth-order valence-corrected chi connectivity index (χ4v) is 3.36. The van der Waals surface area contributed by atoms with Crippen molar-refractivity contribution in [2.75, 3.05) is 12.3 Å². The molecule has 4 rings (SSSR count). The number of nitriles is 2. The molecule has 0 aliphatic carbocycles. The number of hydrogen-bond donors (Lipinski definition) is 1. The minimum absolute atomic E-state index is 0.109. The summed E-state index contributed by atoms with van der Waals surface area (Å²) in [4.78, 5) is 11.8. The predicted octanol–water partition coefficient (Wildman–Crippen LogP) is 4.83. The van der Waals surface area contributed by atoms with Gasteiger partial charge in [0.15, 0.2) is 0 Å². The van der Waals surface area contributed by atoms with Crippen LogP contribution in [0.25, 0.3) is 28.7 Å². The number of carbonyl (C=O) groups excluding carboxylic acids is 1. The van der Waals surface area contributed by atoms with Crippen molar-refractivity contribution in [3.8, 4) is 29.1 Å². The van der Waals surface area contributed by atoms with Crippen LogP contribution in [-0.2, 0) is 4.74 Å². The van der Waals surface area contributed by atoms with Gasteiger partial charge in [0.2, 0.25) is 0 Å². The molecule has 0 saturated carbocycles. The Morgan fingerprint density at radius 2 is 1.85 bits per heavy atom. The van der Waals surface area contributed by atoms with E-state index in [9.17, 15) is 15.3 Å². The molecule has 2 aromatic heterocycles. The van der Waals surface area contributed by atoms with Crippen LogP contribution in [0, 0.1) is 22.7 Å². The van der Waals surface area contributed by atoms with Crippen molar-refractivity contribution in [3.63, 3.8) is 0 Å². The first-order valence-corrected chi connectivity index (χ1v) is 10.4. The summed E-state index contributed by atoms with van der Waals surface area (Å²) < 4.78 is 12.3. The fourth-order valence-electron chi connectivity index (χ4n) is 3.36. The second-order valence-corrected chi connectivity index (χ2v) is 7.14. The molecule has 8 heteroatoms. The molecule has 0 amide bonds. The Morgan fingerprint density at radius 1 is 1.12 bits per heavy atom. The summed E-state index contributed by atoms with van der Waals surface area (Å²) in [5.41, 5.74) is 8.43. The predicted molar refractivity (Wildman–Crippen MR) is 126 cm³/mol. The Hall–Kier alpha value is -5.08. The largest absolute Gasteiger partial charge is 0.462 e. The summed E-state index contributed by atoms with van der Waals surface area (Å²) >= 11 is 0. The number of furan rings is 1. The topological polar surface area (TPSA) is 131 Å². The minimum Gasteiger partial charge on any atom is -0.462 e. The first-order chi connectivity index (χ1) is 16.5. The number of nitrogens with zero attached hydrogens (tertiary/aromatic N) is 4. The molecule has 0 atom stereocenters. The van der Waals surface area contributed by atoms with E-state index < -0.39 is 5.97 Å². The molecule has 2 N–H and O–H groups in total. The van der Waals surface area contributed by atoms with Crippen molar-refractivity contribution < 1.29 is 13.9 Å². The summed E-state index contributed by atoms with van der Waals surface area (Å²) in [5, 5.41) is 23.8.